The number of halogens is 1. The molecular weight excluding hydrogens is 294 g/mol. The number of amides is 1. The molecule has 0 aliphatic heterocycles. The summed E-state index contributed by atoms with van der Waals surface area (Å²) in [6.45, 7) is 0.419. The van der Waals surface area contributed by atoms with Crippen molar-refractivity contribution >= 4 is 27.5 Å². The highest BCUT2D eigenvalue weighted by Gasteiger charge is 2.38. The molecule has 0 radical (unpaired) electrons. The standard InChI is InChI=1S/C13H18BrN3O/c14-11-5-4-10(8-16-11)17-12(18)13(9-15)6-2-1-3-7-13/h4-5,8H,1-3,6-7,9,15H2,(H,17,18). The van der Waals surface area contributed by atoms with Gasteiger partial charge in [0.05, 0.1) is 17.3 Å². The van der Waals surface area contributed by atoms with Gasteiger partial charge < -0.3 is 11.1 Å². The molecule has 1 fully saturated rings. The molecule has 1 aromatic heterocycles. The van der Waals surface area contributed by atoms with Gasteiger partial charge in [0.2, 0.25) is 5.91 Å². The van der Waals surface area contributed by atoms with Gasteiger partial charge in [-0.15, -0.1) is 0 Å². The van der Waals surface area contributed by atoms with Crippen LogP contribution in [0.2, 0.25) is 0 Å². The molecular formula is C13H18BrN3O. The van der Waals surface area contributed by atoms with E-state index in [0.29, 0.717) is 6.54 Å². The number of pyridine rings is 1. The number of hydrogen-bond donors (Lipinski definition) is 2. The van der Waals surface area contributed by atoms with Crippen molar-refractivity contribution in [1.29, 1.82) is 0 Å². The van der Waals surface area contributed by atoms with E-state index in [1.54, 1.807) is 6.20 Å². The fourth-order valence-electron chi connectivity index (χ4n) is 2.47. The molecule has 4 nitrogen and oxygen atoms in total. The Morgan fingerprint density at radius 1 is 1.39 bits per heavy atom. The predicted molar refractivity (Wildman–Crippen MR) is 75.1 cm³/mol. The van der Waals surface area contributed by atoms with Crippen LogP contribution in [0.25, 0.3) is 0 Å². The molecule has 0 spiro atoms. The Labute approximate surface area is 115 Å². The van der Waals surface area contributed by atoms with Crippen LogP contribution in [-0.4, -0.2) is 17.4 Å². The molecule has 0 unspecified atom stereocenters. The zero-order valence-electron chi connectivity index (χ0n) is 10.3. The van der Waals surface area contributed by atoms with Crippen LogP contribution in [0.4, 0.5) is 5.69 Å². The monoisotopic (exact) mass is 311 g/mol. The van der Waals surface area contributed by atoms with E-state index in [4.69, 9.17) is 5.73 Å². The van der Waals surface area contributed by atoms with Crippen LogP contribution >= 0.6 is 15.9 Å². The highest BCUT2D eigenvalue weighted by atomic mass is 79.9. The van der Waals surface area contributed by atoms with E-state index >= 15 is 0 Å². The van der Waals surface area contributed by atoms with E-state index in [2.05, 4.69) is 26.2 Å². The van der Waals surface area contributed by atoms with Crippen LogP contribution in [0, 0.1) is 5.41 Å². The average Bonchev–Trinajstić information content (AvgIpc) is 2.42. The lowest BCUT2D eigenvalue weighted by atomic mass is 9.73. The Balaban J connectivity index is 2.07. The molecule has 0 aromatic carbocycles. The quantitative estimate of drug-likeness (QED) is 0.843. The van der Waals surface area contributed by atoms with E-state index in [9.17, 15) is 4.79 Å². The van der Waals surface area contributed by atoms with Gasteiger partial charge in [-0.05, 0) is 40.9 Å². The molecule has 98 valence electrons. The summed E-state index contributed by atoms with van der Waals surface area (Å²) in [4.78, 5) is 16.5. The van der Waals surface area contributed by atoms with Gasteiger partial charge in [-0.3, -0.25) is 4.79 Å². The fraction of sp³-hybridized carbons (Fsp3) is 0.538. The number of nitrogens with one attached hydrogen (secondary N) is 1. The number of nitrogens with zero attached hydrogens (tertiary/aromatic N) is 1. The molecule has 1 saturated carbocycles. The number of anilines is 1. The summed E-state index contributed by atoms with van der Waals surface area (Å²) in [5, 5.41) is 2.93. The van der Waals surface area contributed by atoms with E-state index in [1.807, 2.05) is 12.1 Å². The summed E-state index contributed by atoms with van der Waals surface area (Å²) in [5.74, 6) is 0.0359. The topological polar surface area (TPSA) is 68.0 Å². The van der Waals surface area contributed by atoms with Crippen LogP contribution < -0.4 is 11.1 Å². The second-order valence-electron chi connectivity index (χ2n) is 4.87. The maximum Gasteiger partial charge on any atom is 0.231 e. The molecule has 1 aliphatic rings. The van der Waals surface area contributed by atoms with Crippen LogP contribution in [0.15, 0.2) is 22.9 Å². The number of carbonyl (C=O) groups excluding carboxylic acids is 1. The van der Waals surface area contributed by atoms with E-state index in [1.165, 1.54) is 6.42 Å². The van der Waals surface area contributed by atoms with Crippen molar-refractivity contribution in [3.63, 3.8) is 0 Å². The number of rotatable bonds is 3. The number of hydrogen-bond acceptors (Lipinski definition) is 3. The first-order valence-corrected chi connectivity index (χ1v) is 7.09. The van der Waals surface area contributed by atoms with Crippen LogP contribution in [0.3, 0.4) is 0 Å². The first-order chi connectivity index (χ1) is 8.66. The third-order valence-corrected chi connectivity index (χ3v) is 4.14. The largest absolute Gasteiger partial charge is 0.329 e. The summed E-state index contributed by atoms with van der Waals surface area (Å²) in [5.41, 5.74) is 6.17. The van der Waals surface area contributed by atoms with Gasteiger partial charge >= 0.3 is 0 Å². The second kappa shape index (κ2) is 5.80. The van der Waals surface area contributed by atoms with Crippen molar-refractivity contribution in [2.75, 3.05) is 11.9 Å². The van der Waals surface area contributed by atoms with E-state index in [-0.39, 0.29) is 11.3 Å². The van der Waals surface area contributed by atoms with Gasteiger partial charge in [0.15, 0.2) is 0 Å². The number of carbonyl (C=O) groups is 1. The third-order valence-electron chi connectivity index (χ3n) is 3.67. The molecule has 0 atom stereocenters. The minimum absolute atomic E-state index is 0.0359. The predicted octanol–water partition coefficient (Wildman–Crippen LogP) is 2.69. The Hall–Kier alpha value is -0.940. The molecule has 1 aliphatic carbocycles. The van der Waals surface area contributed by atoms with Crippen LogP contribution in [0.5, 0.6) is 0 Å². The SMILES string of the molecule is NCC1(C(=O)Nc2ccc(Br)nc2)CCCCC1. The van der Waals surface area contributed by atoms with Gasteiger partial charge in [0.1, 0.15) is 4.60 Å². The first-order valence-electron chi connectivity index (χ1n) is 6.29. The van der Waals surface area contributed by atoms with Gasteiger partial charge in [-0.2, -0.15) is 0 Å². The van der Waals surface area contributed by atoms with Crippen molar-refractivity contribution in [3.05, 3.63) is 22.9 Å². The molecule has 5 heteroatoms. The minimum atomic E-state index is -0.384. The van der Waals surface area contributed by atoms with Crippen molar-refractivity contribution in [2.45, 2.75) is 32.1 Å². The van der Waals surface area contributed by atoms with Crippen LogP contribution in [-0.2, 0) is 4.79 Å². The Morgan fingerprint density at radius 2 is 2.11 bits per heavy atom. The number of aromatic nitrogens is 1. The number of nitrogens with two attached hydrogens (primary N) is 1. The normalized spacial score (nSPS) is 18.3. The first kappa shape index (κ1) is 13.5. The van der Waals surface area contributed by atoms with Gasteiger partial charge in [0, 0.05) is 6.54 Å². The lowest BCUT2D eigenvalue weighted by Crippen LogP contribution is -2.43. The second-order valence-corrected chi connectivity index (χ2v) is 5.68. The highest BCUT2D eigenvalue weighted by Crippen LogP contribution is 2.36. The minimum Gasteiger partial charge on any atom is -0.329 e. The maximum absolute atomic E-state index is 12.4. The van der Waals surface area contributed by atoms with Crippen molar-refractivity contribution in [2.24, 2.45) is 11.1 Å². The molecule has 18 heavy (non-hydrogen) atoms. The van der Waals surface area contributed by atoms with Crippen molar-refractivity contribution < 1.29 is 4.79 Å². The lowest BCUT2D eigenvalue weighted by Gasteiger charge is -2.34. The van der Waals surface area contributed by atoms with Gasteiger partial charge in [0.25, 0.3) is 0 Å². The summed E-state index contributed by atoms with van der Waals surface area (Å²) in [6, 6.07) is 3.65. The average molecular weight is 312 g/mol. The highest BCUT2D eigenvalue weighted by molar-refractivity contribution is 9.10. The lowest BCUT2D eigenvalue weighted by molar-refractivity contribution is -0.126. The van der Waals surface area contributed by atoms with Crippen molar-refractivity contribution in [3.8, 4) is 0 Å². The van der Waals surface area contributed by atoms with Gasteiger partial charge in [-0.25, -0.2) is 4.98 Å². The Bertz CT molecular complexity index is 413. The zero-order chi connectivity index (χ0) is 13.0. The molecule has 1 heterocycles. The summed E-state index contributed by atoms with van der Waals surface area (Å²) < 4.78 is 0.756. The smallest absolute Gasteiger partial charge is 0.231 e. The Kier molecular flexibility index (Phi) is 4.35. The summed E-state index contributed by atoms with van der Waals surface area (Å²) in [7, 11) is 0. The van der Waals surface area contributed by atoms with E-state index in [0.717, 1.165) is 36.0 Å². The molecule has 3 N–H and O–H groups in total. The maximum atomic E-state index is 12.4. The van der Waals surface area contributed by atoms with Crippen LogP contribution in [0.1, 0.15) is 32.1 Å². The molecule has 0 bridgehead atoms. The third kappa shape index (κ3) is 2.90. The molecule has 0 saturated heterocycles. The Morgan fingerprint density at radius 3 is 2.67 bits per heavy atom. The summed E-state index contributed by atoms with van der Waals surface area (Å²) >= 11 is 3.27. The zero-order valence-corrected chi connectivity index (χ0v) is 11.9. The molecule has 1 amide bonds. The van der Waals surface area contributed by atoms with Crippen molar-refractivity contribution in [1.82, 2.24) is 4.98 Å². The van der Waals surface area contributed by atoms with Gasteiger partial charge in [-0.1, -0.05) is 19.3 Å². The molecule has 2 rings (SSSR count). The molecule has 1 aromatic rings. The fourth-order valence-corrected chi connectivity index (χ4v) is 2.70. The van der Waals surface area contributed by atoms with E-state index < -0.39 is 0 Å². The summed E-state index contributed by atoms with van der Waals surface area (Å²) in [6.07, 6.45) is 6.80.